The third-order valence-electron chi connectivity index (χ3n) is 5.43. The largest absolute Gasteiger partial charge is 0.496 e. The third-order valence-corrected chi connectivity index (χ3v) is 5.43. The first-order valence-electron chi connectivity index (χ1n) is 11.6. The fourth-order valence-electron chi connectivity index (χ4n) is 3.67. The number of rotatable bonds is 17. The highest BCUT2D eigenvalue weighted by Crippen LogP contribution is 2.25. The molecule has 0 N–H and O–H groups in total. The average molecular weight is 403 g/mol. The second-order valence-corrected chi connectivity index (χ2v) is 7.82. The highest BCUT2D eigenvalue weighted by atomic mass is 16.5. The van der Waals surface area contributed by atoms with Crippen LogP contribution in [0.3, 0.4) is 0 Å². The summed E-state index contributed by atoms with van der Waals surface area (Å²) < 4.78 is 10.3. The van der Waals surface area contributed by atoms with Crippen molar-refractivity contribution in [1.29, 1.82) is 0 Å². The van der Waals surface area contributed by atoms with Crippen LogP contribution in [0.2, 0.25) is 0 Å². The van der Waals surface area contributed by atoms with Crippen LogP contribution in [0.15, 0.2) is 30.4 Å². The number of aryl methyl sites for hydroxylation is 1. The first-order chi connectivity index (χ1) is 14.2. The number of benzene rings is 1. The molecule has 0 bridgehead atoms. The SMILES string of the molecule is CCCCCC/C=C\CCCCCCCCCc1cccc(OC)c1C(=O)OC. The van der Waals surface area contributed by atoms with Gasteiger partial charge in [0.1, 0.15) is 11.3 Å². The van der Waals surface area contributed by atoms with Crippen molar-refractivity contribution >= 4 is 5.97 Å². The zero-order valence-corrected chi connectivity index (χ0v) is 19.0. The van der Waals surface area contributed by atoms with Crippen LogP contribution in [-0.4, -0.2) is 20.2 Å². The van der Waals surface area contributed by atoms with Gasteiger partial charge in [0.2, 0.25) is 0 Å². The Balaban J connectivity index is 2.09. The van der Waals surface area contributed by atoms with E-state index in [0.29, 0.717) is 11.3 Å². The number of ether oxygens (including phenoxy) is 2. The smallest absolute Gasteiger partial charge is 0.341 e. The lowest BCUT2D eigenvalue weighted by Gasteiger charge is -2.12. The summed E-state index contributed by atoms with van der Waals surface area (Å²) in [5, 5.41) is 0. The molecule has 0 fully saturated rings. The number of unbranched alkanes of at least 4 members (excludes halogenated alkanes) is 11. The van der Waals surface area contributed by atoms with Gasteiger partial charge in [-0.3, -0.25) is 0 Å². The van der Waals surface area contributed by atoms with E-state index in [1.165, 1.54) is 84.2 Å². The molecule has 3 nitrogen and oxygen atoms in total. The molecule has 0 amide bonds. The van der Waals surface area contributed by atoms with Gasteiger partial charge in [-0.05, 0) is 50.2 Å². The van der Waals surface area contributed by atoms with Crippen molar-refractivity contribution in [3.05, 3.63) is 41.5 Å². The van der Waals surface area contributed by atoms with E-state index >= 15 is 0 Å². The lowest BCUT2D eigenvalue weighted by Crippen LogP contribution is -2.08. The van der Waals surface area contributed by atoms with E-state index in [4.69, 9.17) is 9.47 Å². The van der Waals surface area contributed by atoms with E-state index < -0.39 is 0 Å². The summed E-state index contributed by atoms with van der Waals surface area (Å²) >= 11 is 0. The Hall–Kier alpha value is -1.77. The second-order valence-electron chi connectivity index (χ2n) is 7.82. The van der Waals surface area contributed by atoms with Crippen molar-refractivity contribution in [2.24, 2.45) is 0 Å². The van der Waals surface area contributed by atoms with Crippen LogP contribution in [0.5, 0.6) is 5.75 Å². The standard InChI is InChI=1S/C26H42O3/c1-4-5-6-7-8-9-10-11-12-13-14-15-16-17-18-20-23-21-19-22-24(28-2)25(23)26(27)29-3/h9-10,19,21-22H,4-8,11-18,20H2,1-3H3/b10-9-. The van der Waals surface area contributed by atoms with Gasteiger partial charge >= 0.3 is 5.97 Å². The molecule has 164 valence electrons. The van der Waals surface area contributed by atoms with Gasteiger partial charge in [-0.1, -0.05) is 82.6 Å². The summed E-state index contributed by atoms with van der Waals surface area (Å²) in [4.78, 5) is 12.1. The van der Waals surface area contributed by atoms with E-state index in [0.717, 1.165) is 18.4 Å². The van der Waals surface area contributed by atoms with Crippen molar-refractivity contribution in [3.63, 3.8) is 0 Å². The van der Waals surface area contributed by atoms with Gasteiger partial charge in [-0.15, -0.1) is 0 Å². The molecule has 0 aliphatic heterocycles. The van der Waals surface area contributed by atoms with Gasteiger partial charge in [-0.25, -0.2) is 4.79 Å². The molecule has 0 radical (unpaired) electrons. The number of methoxy groups -OCH3 is 2. The molecule has 0 aliphatic rings. The summed E-state index contributed by atoms with van der Waals surface area (Å²) in [6.45, 7) is 2.26. The Labute approximate surface area is 178 Å². The van der Waals surface area contributed by atoms with Crippen LogP contribution in [0, 0.1) is 0 Å². The Bertz CT molecular complexity index is 577. The van der Waals surface area contributed by atoms with E-state index in [-0.39, 0.29) is 5.97 Å². The maximum absolute atomic E-state index is 12.1. The fourth-order valence-corrected chi connectivity index (χ4v) is 3.67. The average Bonchev–Trinajstić information content (AvgIpc) is 2.75. The van der Waals surface area contributed by atoms with Crippen LogP contribution in [0.1, 0.15) is 106 Å². The van der Waals surface area contributed by atoms with Crippen molar-refractivity contribution in [3.8, 4) is 5.75 Å². The van der Waals surface area contributed by atoms with Gasteiger partial charge in [-0.2, -0.15) is 0 Å². The number of esters is 1. The third kappa shape index (κ3) is 11.1. The molecule has 0 unspecified atom stereocenters. The highest BCUT2D eigenvalue weighted by molar-refractivity contribution is 5.94. The van der Waals surface area contributed by atoms with E-state index in [1.807, 2.05) is 18.2 Å². The second kappa shape index (κ2) is 17.1. The van der Waals surface area contributed by atoms with Gasteiger partial charge < -0.3 is 9.47 Å². The molecule has 0 saturated carbocycles. The molecule has 3 heteroatoms. The molecular weight excluding hydrogens is 360 g/mol. The summed E-state index contributed by atoms with van der Waals surface area (Å²) in [6.07, 6.45) is 22.4. The number of allylic oxidation sites excluding steroid dienone is 2. The van der Waals surface area contributed by atoms with Crippen LogP contribution in [-0.2, 0) is 11.2 Å². The van der Waals surface area contributed by atoms with Crippen LogP contribution in [0.25, 0.3) is 0 Å². The Morgan fingerprint density at radius 1 is 0.828 bits per heavy atom. The zero-order chi connectivity index (χ0) is 21.2. The van der Waals surface area contributed by atoms with Crippen molar-refractivity contribution < 1.29 is 14.3 Å². The maximum Gasteiger partial charge on any atom is 0.341 e. The summed E-state index contributed by atoms with van der Waals surface area (Å²) in [5.41, 5.74) is 1.61. The van der Waals surface area contributed by atoms with Crippen molar-refractivity contribution in [2.45, 2.75) is 96.8 Å². The highest BCUT2D eigenvalue weighted by Gasteiger charge is 2.17. The number of carbonyl (C=O) groups excluding carboxylic acids is 1. The lowest BCUT2D eigenvalue weighted by molar-refractivity contribution is 0.0595. The molecule has 1 rings (SSSR count). The molecule has 0 saturated heterocycles. The first-order valence-corrected chi connectivity index (χ1v) is 11.6. The number of hydrogen-bond donors (Lipinski definition) is 0. The molecule has 1 aromatic rings. The van der Waals surface area contributed by atoms with Gasteiger partial charge in [0, 0.05) is 0 Å². The summed E-state index contributed by atoms with van der Waals surface area (Å²) in [6, 6.07) is 5.77. The van der Waals surface area contributed by atoms with Crippen LogP contribution in [0.4, 0.5) is 0 Å². The molecule has 29 heavy (non-hydrogen) atoms. The van der Waals surface area contributed by atoms with E-state index in [1.54, 1.807) is 7.11 Å². The topological polar surface area (TPSA) is 35.5 Å². The molecule has 0 spiro atoms. The van der Waals surface area contributed by atoms with Crippen molar-refractivity contribution in [1.82, 2.24) is 0 Å². The number of carbonyl (C=O) groups is 1. The van der Waals surface area contributed by atoms with E-state index in [9.17, 15) is 4.79 Å². The number of hydrogen-bond acceptors (Lipinski definition) is 3. The van der Waals surface area contributed by atoms with Crippen LogP contribution < -0.4 is 4.74 Å². The predicted octanol–water partition coefficient (Wildman–Crippen LogP) is 7.67. The Morgan fingerprint density at radius 2 is 1.41 bits per heavy atom. The maximum atomic E-state index is 12.1. The minimum Gasteiger partial charge on any atom is -0.496 e. The van der Waals surface area contributed by atoms with Gasteiger partial charge in [0.15, 0.2) is 0 Å². The predicted molar refractivity (Wildman–Crippen MR) is 123 cm³/mol. The molecule has 0 aromatic heterocycles. The van der Waals surface area contributed by atoms with Crippen molar-refractivity contribution in [2.75, 3.05) is 14.2 Å². The zero-order valence-electron chi connectivity index (χ0n) is 19.0. The first kappa shape index (κ1) is 25.3. The molecular formula is C26H42O3. The normalized spacial score (nSPS) is 11.1. The molecule has 1 aromatic carbocycles. The van der Waals surface area contributed by atoms with Crippen LogP contribution >= 0.6 is 0 Å². The Morgan fingerprint density at radius 3 is 2.00 bits per heavy atom. The minimum absolute atomic E-state index is 0.313. The van der Waals surface area contributed by atoms with E-state index in [2.05, 4.69) is 19.1 Å². The molecule has 0 heterocycles. The molecule has 0 atom stereocenters. The Kier molecular flexibility index (Phi) is 14.9. The molecule has 0 aliphatic carbocycles. The lowest BCUT2D eigenvalue weighted by atomic mass is 9.99. The minimum atomic E-state index is -0.313. The monoisotopic (exact) mass is 402 g/mol. The quantitative estimate of drug-likeness (QED) is 0.152. The summed E-state index contributed by atoms with van der Waals surface area (Å²) in [5.74, 6) is 0.289. The van der Waals surface area contributed by atoms with Gasteiger partial charge in [0.25, 0.3) is 0 Å². The van der Waals surface area contributed by atoms with Gasteiger partial charge in [0.05, 0.1) is 14.2 Å². The summed E-state index contributed by atoms with van der Waals surface area (Å²) in [7, 11) is 3.01. The fraction of sp³-hybridized carbons (Fsp3) is 0.654.